The van der Waals surface area contributed by atoms with Crippen LogP contribution in [0.1, 0.15) is 54.4 Å². The molecule has 0 aromatic carbocycles. The molecule has 2 atom stereocenters. The van der Waals surface area contributed by atoms with Crippen molar-refractivity contribution in [1.82, 2.24) is 4.90 Å². The van der Waals surface area contributed by atoms with E-state index < -0.39 is 0 Å². The van der Waals surface area contributed by atoms with Gasteiger partial charge in [0.1, 0.15) is 0 Å². The predicted molar refractivity (Wildman–Crippen MR) is 72.8 cm³/mol. The minimum atomic E-state index is -0.233. The Morgan fingerprint density at radius 1 is 1.35 bits per heavy atom. The van der Waals surface area contributed by atoms with Crippen LogP contribution < -0.4 is 0 Å². The number of likely N-dealkylation sites (tertiary alicyclic amines) is 1. The first-order valence-corrected chi connectivity index (χ1v) is 7.06. The van der Waals surface area contributed by atoms with E-state index in [2.05, 4.69) is 25.7 Å². The summed E-state index contributed by atoms with van der Waals surface area (Å²) in [5.74, 6) is 2.55. The molecule has 2 nitrogen and oxygen atoms in total. The maximum Gasteiger partial charge on any atom is 0.227 e. The van der Waals surface area contributed by atoms with Crippen molar-refractivity contribution in [2.75, 3.05) is 13.1 Å². The zero-order valence-corrected chi connectivity index (χ0v) is 12.4. The van der Waals surface area contributed by atoms with Gasteiger partial charge in [0.2, 0.25) is 5.91 Å². The first kappa shape index (κ1) is 14.5. The smallest absolute Gasteiger partial charge is 0.227 e. The van der Waals surface area contributed by atoms with E-state index in [-0.39, 0.29) is 5.41 Å². The molecule has 1 aliphatic heterocycles. The quantitative estimate of drug-likeness (QED) is 0.721. The molecule has 0 aliphatic carbocycles. The van der Waals surface area contributed by atoms with Gasteiger partial charge in [0, 0.05) is 18.5 Å². The lowest BCUT2D eigenvalue weighted by molar-refractivity contribution is -0.142. The van der Waals surface area contributed by atoms with Crippen molar-refractivity contribution in [3.05, 3.63) is 0 Å². The highest BCUT2D eigenvalue weighted by atomic mass is 16.2. The van der Waals surface area contributed by atoms with Crippen LogP contribution in [0, 0.1) is 23.2 Å². The van der Waals surface area contributed by atoms with Crippen LogP contribution in [0.5, 0.6) is 0 Å². The van der Waals surface area contributed by atoms with Gasteiger partial charge in [0.05, 0.1) is 0 Å². The molecule has 1 saturated heterocycles. The topological polar surface area (TPSA) is 20.3 Å². The van der Waals surface area contributed by atoms with Gasteiger partial charge in [-0.15, -0.1) is 0 Å². The lowest BCUT2D eigenvalue weighted by Gasteiger charge is -2.42. The summed E-state index contributed by atoms with van der Waals surface area (Å²) < 4.78 is 0. The molecule has 1 fully saturated rings. The second kappa shape index (κ2) is 5.41. The number of nitrogens with zero attached hydrogens (tertiary/aromatic N) is 1. The van der Waals surface area contributed by atoms with Crippen LogP contribution in [-0.2, 0) is 4.79 Å². The molecule has 17 heavy (non-hydrogen) atoms. The van der Waals surface area contributed by atoms with Crippen LogP contribution in [-0.4, -0.2) is 23.9 Å². The molecule has 0 radical (unpaired) electrons. The Labute approximate surface area is 107 Å². The summed E-state index contributed by atoms with van der Waals surface area (Å²) >= 11 is 0. The molecular formula is C15H29NO. The predicted octanol–water partition coefficient (Wildman–Crippen LogP) is 3.56. The van der Waals surface area contributed by atoms with Crippen LogP contribution in [0.25, 0.3) is 0 Å². The molecule has 0 aromatic rings. The van der Waals surface area contributed by atoms with Gasteiger partial charge in [-0.1, -0.05) is 48.0 Å². The molecule has 2 unspecified atom stereocenters. The first-order valence-electron chi connectivity index (χ1n) is 7.06. The fourth-order valence-electron chi connectivity index (χ4n) is 3.02. The van der Waals surface area contributed by atoms with Crippen LogP contribution in [0.2, 0.25) is 0 Å². The van der Waals surface area contributed by atoms with Crippen molar-refractivity contribution in [1.29, 1.82) is 0 Å². The lowest BCUT2D eigenvalue weighted by atomic mass is 9.76. The summed E-state index contributed by atoms with van der Waals surface area (Å²) in [6.07, 6.45) is 2.37. The Kier molecular flexibility index (Phi) is 4.62. The summed E-state index contributed by atoms with van der Waals surface area (Å²) in [5, 5.41) is 0. The normalized spacial score (nSPS) is 26.4. The largest absolute Gasteiger partial charge is 0.342 e. The van der Waals surface area contributed by atoms with E-state index in [9.17, 15) is 4.79 Å². The first-order chi connectivity index (χ1) is 7.77. The van der Waals surface area contributed by atoms with Crippen LogP contribution >= 0.6 is 0 Å². The highest BCUT2D eigenvalue weighted by Gasteiger charge is 2.35. The van der Waals surface area contributed by atoms with E-state index >= 15 is 0 Å². The van der Waals surface area contributed by atoms with Crippen LogP contribution in [0.3, 0.4) is 0 Å². The highest BCUT2D eigenvalue weighted by molar-refractivity contribution is 5.81. The molecule has 2 heteroatoms. The summed E-state index contributed by atoms with van der Waals surface area (Å²) in [5.41, 5.74) is -0.233. The average Bonchev–Trinajstić information content (AvgIpc) is 2.25. The Bertz CT molecular complexity index is 265. The van der Waals surface area contributed by atoms with E-state index in [1.165, 1.54) is 12.8 Å². The average molecular weight is 239 g/mol. The monoisotopic (exact) mass is 239 g/mol. The number of carbonyl (C=O) groups excluding carboxylic acids is 1. The van der Waals surface area contributed by atoms with Gasteiger partial charge in [-0.2, -0.15) is 0 Å². The number of amides is 1. The van der Waals surface area contributed by atoms with E-state index in [4.69, 9.17) is 0 Å². The molecule has 0 N–H and O–H groups in total. The number of hydrogen-bond acceptors (Lipinski definition) is 1. The van der Waals surface area contributed by atoms with Crippen LogP contribution in [0.4, 0.5) is 0 Å². The molecule has 0 aromatic heterocycles. The number of carbonyl (C=O) groups is 1. The third kappa shape index (κ3) is 3.46. The van der Waals surface area contributed by atoms with Gasteiger partial charge in [-0.3, -0.25) is 4.79 Å². The molecule has 0 spiro atoms. The summed E-state index contributed by atoms with van der Waals surface area (Å²) in [6.45, 7) is 14.9. The van der Waals surface area contributed by atoms with Crippen molar-refractivity contribution in [3.63, 3.8) is 0 Å². The highest BCUT2D eigenvalue weighted by Crippen LogP contribution is 2.33. The van der Waals surface area contributed by atoms with E-state index in [1.807, 2.05) is 20.8 Å². The van der Waals surface area contributed by atoms with Crippen molar-refractivity contribution >= 4 is 5.91 Å². The molecule has 1 heterocycles. The Morgan fingerprint density at radius 2 is 1.94 bits per heavy atom. The standard InChI is InChI=1S/C15H29NO/c1-7-12-10-16(14(17)15(4,5)6)9-8-13(12)11(2)3/h11-13H,7-10H2,1-6H3. The second-order valence-corrected chi connectivity index (χ2v) is 6.87. The Hall–Kier alpha value is -0.530. The second-order valence-electron chi connectivity index (χ2n) is 6.87. The number of rotatable bonds is 2. The summed E-state index contributed by atoms with van der Waals surface area (Å²) in [4.78, 5) is 14.4. The van der Waals surface area contributed by atoms with Crippen LogP contribution in [0.15, 0.2) is 0 Å². The van der Waals surface area contributed by atoms with E-state index in [1.54, 1.807) is 0 Å². The van der Waals surface area contributed by atoms with Crippen molar-refractivity contribution < 1.29 is 4.79 Å². The molecular weight excluding hydrogens is 210 g/mol. The Balaban J connectivity index is 2.69. The zero-order valence-electron chi connectivity index (χ0n) is 12.4. The van der Waals surface area contributed by atoms with Gasteiger partial charge in [0.15, 0.2) is 0 Å². The third-order valence-corrected chi connectivity index (χ3v) is 4.10. The van der Waals surface area contributed by atoms with Gasteiger partial charge >= 0.3 is 0 Å². The van der Waals surface area contributed by atoms with Gasteiger partial charge in [-0.25, -0.2) is 0 Å². The van der Waals surface area contributed by atoms with E-state index in [0.29, 0.717) is 11.8 Å². The fourth-order valence-corrected chi connectivity index (χ4v) is 3.02. The molecule has 0 saturated carbocycles. The van der Waals surface area contributed by atoms with Crippen molar-refractivity contribution in [2.24, 2.45) is 23.2 Å². The molecule has 100 valence electrons. The molecule has 0 bridgehead atoms. The zero-order chi connectivity index (χ0) is 13.2. The SMILES string of the molecule is CCC1CN(C(=O)C(C)(C)C)CCC1C(C)C. The fraction of sp³-hybridized carbons (Fsp3) is 0.933. The van der Waals surface area contributed by atoms with Gasteiger partial charge < -0.3 is 4.90 Å². The van der Waals surface area contributed by atoms with Crippen molar-refractivity contribution in [3.8, 4) is 0 Å². The molecule has 1 rings (SSSR count). The number of piperidine rings is 1. The lowest BCUT2D eigenvalue weighted by Crippen LogP contribution is -2.48. The minimum absolute atomic E-state index is 0.233. The minimum Gasteiger partial charge on any atom is -0.342 e. The molecule has 1 aliphatic rings. The maximum atomic E-state index is 12.3. The van der Waals surface area contributed by atoms with Gasteiger partial charge in [0.25, 0.3) is 0 Å². The Morgan fingerprint density at radius 3 is 2.35 bits per heavy atom. The summed E-state index contributed by atoms with van der Waals surface area (Å²) in [6, 6.07) is 0. The van der Waals surface area contributed by atoms with E-state index in [0.717, 1.165) is 24.9 Å². The summed E-state index contributed by atoms with van der Waals surface area (Å²) in [7, 11) is 0. The maximum absolute atomic E-state index is 12.3. The van der Waals surface area contributed by atoms with Gasteiger partial charge in [-0.05, 0) is 24.2 Å². The molecule has 1 amide bonds. The number of hydrogen-bond donors (Lipinski definition) is 0. The van der Waals surface area contributed by atoms with Crippen molar-refractivity contribution in [2.45, 2.75) is 54.4 Å². The third-order valence-electron chi connectivity index (χ3n) is 4.10.